The predicted molar refractivity (Wildman–Crippen MR) is 60.7 cm³/mol. The summed E-state index contributed by atoms with van der Waals surface area (Å²) < 4.78 is 1.77. The highest BCUT2D eigenvalue weighted by Crippen LogP contribution is 2.22. The Kier molecular flexibility index (Phi) is 2.06. The second-order valence-corrected chi connectivity index (χ2v) is 3.95. The van der Waals surface area contributed by atoms with Gasteiger partial charge in [0.05, 0.1) is 5.52 Å². The number of allylic oxidation sites excluding steroid dienone is 2. The molecule has 0 fully saturated rings. The van der Waals surface area contributed by atoms with Crippen molar-refractivity contribution in [2.75, 3.05) is 0 Å². The van der Waals surface area contributed by atoms with Crippen molar-refractivity contribution in [1.29, 1.82) is 0 Å². The molecule has 16 heavy (non-hydrogen) atoms. The molecule has 1 heterocycles. The van der Waals surface area contributed by atoms with Gasteiger partial charge in [-0.25, -0.2) is 4.68 Å². The number of fused-ring (bicyclic) bond motifs is 1. The van der Waals surface area contributed by atoms with E-state index in [1.165, 1.54) is 0 Å². The average Bonchev–Trinajstić information content (AvgIpc) is 2.72. The first kappa shape index (κ1) is 9.27. The molecule has 0 bridgehead atoms. The van der Waals surface area contributed by atoms with E-state index in [9.17, 15) is 4.79 Å². The zero-order chi connectivity index (χ0) is 11.0. The van der Waals surface area contributed by atoms with Gasteiger partial charge in [0.15, 0.2) is 5.78 Å². The molecule has 0 aliphatic heterocycles. The Bertz CT molecular complexity index is 583. The van der Waals surface area contributed by atoms with Crippen molar-refractivity contribution in [1.82, 2.24) is 15.0 Å². The van der Waals surface area contributed by atoms with Gasteiger partial charge in [-0.05, 0) is 25.0 Å². The third-order valence-corrected chi connectivity index (χ3v) is 2.81. The van der Waals surface area contributed by atoms with E-state index >= 15 is 0 Å². The molecule has 1 aliphatic carbocycles. The van der Waals surface area contributed by atoms with E-state index in [-0.39, 0.29) is 5.78 Å². The summed E-state index contributed by atoms with van der Waals surface area (Å²) in [6, 6.07) is 7.77. The minimum absolute atomic E-state index is 0.181. The van der Waals surface area contributed by atoms with Crippen LogP contribution in [0.1, 0.15) is 19.3 Å². The molecule has 0 amide bonds. The van der Waals surface area contributed by atoms with Crippen molar-refractivity contribution in [2.45, 2.75) is 19.3 Å². The number of para-hydroxylation sites is 1. The van der Waals surface area contributed by atoms with E-state index in [1.54, 1.807) is 10.8 Å². The van der Waals surface area contributed by atoms with Crippen LogP contribution in [0.2, 0.25) is 0 Å². The lowest BCUT2D eigenvalue weighted by atomic mass is 10.0. The van der Waals surface area contributed by atoms with E-state index in [1.807, 2.05) is 24.3 Å². The van der Waals surface area contributed by atoms with Gasteiger partial charge in [0.1, 0.15) is 5.52 Å². The average molecular weight is 213 g/mol. The number of nitrogens with zero attached hydrogens (tertiary/aromatic N) is 3. The van der Waals surface area contributed by atoms with Crippen molar-refractivity contribution in [3.8, 4) is 0 Å². The minimum atomic E-state index is 0.181. The lowest BCUT2D eigenvalue weighted by Crippen LogP contribution is -2.08. The summed E-state index contributed by atoms with van der Waals surface area (Å²) in [5.74, 6) is 0.181. The van der Waals surface area contributed by atoms with Gasteiger partial charge in [-0.1, -0.05) is 17.3 Å². The van der Waals surface area contributed by atoms with Crippen LogP contribution in [0.15, 0.2) is 30.3 Å². The third kappa shape index (κ3) is 1.43. The summed E-state index contributed by atoms with van der Waals surface area (Å²) in [7, 11) is 0. The maximum Gasteiger partial charge on any atom is 0.157 e. The van der Waals surface area contributed by atoms with Gasteiger partial charge in [-0.15, -0.1) is 5.10 Å². The fraction of sp³-hybridized carbons (Fsp3) is 0.250. The number of carbonyl (C=O) groups excluding carboxylic acids is 1. The van der Waals surface area contributed by atoms with Crippen LogP contribution < -0.4 is 0 Å². The molecule has 0 spiro atoms. The Morgan fingerprint density at radius 3 is 2.94 bits per heavy atom. The lowest BCUT2D eigenvalue weighted by Gasteiger charge is -2.11. The van der Waals surface area contributed by atoms with Crippen LogP contribution in [0.25, 0.3) is 16.7 Å². The maximum absolute atomic E-state index is 11.4. The Hall–Kier alpha value is -1.97. The van der Waals surface area contributed by atoms with E-state index in [4.69, 9.17) is 0 Å². The first-order valence-corrected chi connectivity index (χ1v) is 5.39. The topological polar surface area (TPSA) is 47.8 Å². The second-order valence-electron chi connectivity index (χ2n) is 3.95. The van der Waals surface area contributed by atoms with Crippen molar-refractivity contribution in [3.63, 3.8) is 0 Å². The molecule has 1 aliphatic rings. The Labute approximate surface area is 92.6 Å². The number of carbonyl (C=O) groups is 1. The number of aromatic nitrogens is 3. The molecule has 0 unspecified atom stereocenters. The highest BCUT2D eigenvalue weighted by Gasteiger charge is 2.14. The fourth-order valence-corrected chi connectivity index (χ4v) is 2.02. The van der Waals surface area contributed by atoms with Gasteiger partial charge in [-0.3, -0.25) is 4.79 Å². The van der Waals surface area contributed by atoms with Gasteiger partial charge in [0, 0.05) is 18.2 Å². The van der Waals surface area contributed by atoms with Gasteiger partial charge in [-0.2, -0.15) is 0 Å². The van der Waals surface area contributed by atoms with E-state index in [0.29, 0.717) is 6.42 Å². The number of hydrogen-bond donors (Lipinski definition) is 0. The van der Waals surface area contributed by atoms with Crippen LogP contribution in [0.3, 0.4) is 0 Å². The molecule has 0 N–H and O–H groups in total. The molecular weight excluding hydrogens is 202 g/mol. The summed E-state index contributed by atoms with van der Waals surface area (Å²) in [6.07, 6.45) is 4.12. The molecular formula is C12H11N3O. The fourth-order valence-electron chi connectivity index (χ4n) is 2.02. The molecule has 4 heteroatoms. The largest absolute Gasteiger partial charge is 0.295 e. The first-order valence-electron chi connectivity index (χ1n) is 5.39. The lowest BCUT2D eigenvalue weighted by molar-refractivity contribution is -0.114. The van der Waals surface area contributed by atoms with Crippen LogP contribution in [0.4, 0.5) is 0 Å². The zero-order valence-electron chi connectivity index (χ0n) is 8.76. The van der Waals surface area contributed by atoms with E-state index in [0.717, 1.165) is 29.6 Å². The number of ketones is 1. The van der Waals surface area contributed by atoms with E-state index in [2.05, 4.69) is 10.3 Å². The predicted octanol–water partition coefficient (Wildman–Crippen LogP) is 2.03. The summed E-state index contributed by atoms with van der Waals surface area (Å²) in [5, 5.41) is 8.18. The van der Waals surface area contributed by atoms with Crippen LogP contribution in [-0.2, 0) is 4.79 Å². The molecule has 0 atom stereocenters. The van der Waals surface area contributed by atoms with Crippen LogP contribution in [0, 0.1) is 0 Å². The molecule has 80 valence electrons. The first-order chi connectivity index (χ1) is 7.84. The molecule has 1 aromatic heterocycles. The molecule has 0 radical (unpaired) electrons. The number of hydrogen-bond acceptors (Lipinski definition) is 3. The minimum Gasteiger partial charge on any atom is -0.295 e. The van der Waals surface area contributed by atoms with Crippen molar-refractivity contribution >= 4 is 22.5 Å². The van der Waals surface area contributed by atoms with Crippen LogP contribution in [-0.4, -0.2) is 20.8 Å². The standard InChI is InChI=1S/C12H11N3O/c16-10-5-3-4-9(8-10)15-12-7-2-1-6-11(12)13-14-15/h1-2,6-8H,3-5H2. The normalized spacial score (nSPS) is 16.5. The van der Waals surface area contributed by atoms with Gasteiger partial charge in [0.25, 0.3) is 0 Å². The SMILES string of the molecule is O=C1C=C(n2nnc3ccccc32)CCC1. The van der Waals surface area contributed by atoms with Gasteiger partial charge < -0.3 is 0 Å². The van der Waals surface area contributed by atoms with Gasteiger partial charge >= 0.3 is 0 Å². The maximum atomic E-state index is 11.4. The van der Waals surface area contributed by atoms with Crippen molar-refractivity contribution in [2.24, 2.45) is 0 Å². The summed E-state index contributed by atoms with van der Waals surface area (Å²) in [4.78, 5) is 11.4. The zero-order valence-corrected chi connectivity index (χ0v) is 8.76. The smallest absolute Gasteiger partial charge is 0.157 e. The highest BCUT2D eigenvalue weighted by atomic mass is 16.1. The van der Waals surface area contributed by atoms with Crippen LogP contribution >= 0.6 is 0 Å². The van der Waals surface area contributed by atoms with Gasteiger partial charge in [0.2, 0.25) is 0 Å². The molecule has 0 saturated heterocycles. The quantitative estimate of drug-likeness (QED) is 0.728. The Balaban J connectivity index is 2.15. The van der Waals surface area contributed by atoms with Crippen molar-refractivity contribution in [3.05, 3.63) is 30.3 Å². The Morgan fingerprint density at radius 2 is 2.06 bits per heavy atom. The number of benzene rings is 1. The molecule has 0 saturated carbocycles. The summed E-state index contributed by atoms with van der Waals surface area (Å²) in [6.45, 7) is 0. The Morgan fingerprint density at radius 1 is 1.19 bits per heavy atom. The monoisotopic (exact) mass is 213 g/mol. The second kappa shape index (κ2) is 3.56. The number of rotatable bonds is 1. The third-order valence-electron chi connectivity index (χ3n) is 2.81. The molecule has 4 nitrogen and oxygen atoms in total. The molecule has 3 rings (SSSR count). The van der Waals surface area contributed by atoms with E-state index < -0.39 is 0 Å². The molecule has 1 aromatic carbocycles. The van der Waals surface area contributed by atoms with Crippen molar-refractivity contribution < 1.29 is 4.79 Å². The summed E-state index contributed by atoms with van der Waals surface area (Å²) in [5.41, 5.74) is 2.77. The molecule has 2 aromatic rings. The summed E-state index contributed by atoms with van der Waals surface area (Å²) >= 11 is 0. The van der Waals surface area contributed by atoms with Crippen LogP contribution in [0.5, 0.6) is 0 Å². The highest BCUT2D eigenvalue weighted by molar-refractivity contribution is 5.96.